The molecule has 0 spiro atoms. The number of carboxylic acid groups (broad SMARTS) is 1. The first-order chi connectivity index (χ1) is 13.0. The van der Waals surface area contributed by atoms with Gasteiger partial charge in [-0.3, -0.25) is 0 Å². The standard InChI is InChI=1S/C23H28O4/c1-17(2)11-5-3-8-16-21(18-12-6-4-7-13-18)27-23(26)20-15-10-9-14-19(20)22(24)25/h4,6-7,9-10,12-15,17,21H,3,5,8,11,16H2,1-2H3,(H,24,25). The second-order valence-electron chi connectivity index (χ2n) is 7.19. The summed E-state index contributed by atoms with van der Waals surface area (Å²) in [6.45, 7) is 4.43. The maximum absolute atomic E-state index is 12.6. The molecule has 0 fully saturated rings. The van der Waals surface area contributed by atoms with E-state index in [1.165, 1.54) is 18.6 Å². The van der Waals surface area contributed by atoms with Crippen molar-refractivity contribution in [2.75, 3.05) is 0 Å². The Morgan fingerprint density at radius 1 is 0.852 bits per heavy atom. The van der Waals surface area contributed by atoms with Gasteiger partial charge in [0.05, 0.1) is 11.1 Å². The predicted octanol–water partition coefficient (Wildman–Crippen LogP) is 5.89. The third kappa shape index (κ3) is 6.55. The SMILES string of the molecule is CC(C)CCCCCC(OC(=O)c1ccccc1C(=O)O)c1ccccc1. The highest BCUT2D eigenvalue weighted by atomic mass is 16.5. The molecule has 2 aromatic rings. The smallest absolute Gasteiger partial charge is 0.339 e. The largest absolute Gasteiger partial charge is 0.478 e. The highest BCUT2D eigenvalue weighted by molar-refractivity contribution is 6.02. The van der Waals surface area contributed by atoms with Crippen LogP contribution in [0.25, 0.3) is 0 Å². The number of ether oxygens (including phenoxy) is 1. The van der Waals surface area contributed by atoms with Crippen LogP contribution >= 0.6 is 0 Å². The Morgan fingerprint density at radius 2 is 1.44 bits per heavy atom. The van der Waals surface area contributed by atoms with Gasteiger partial charge in [-0.1, -0.05) is 75.6 Å². The fourth-order valence-electron chi connectivity index (χ4n) is 3.06. The van der Waals surface area contributed by atoms with Crippen LogP contribution in [0.5, 0.6) is 0 Å². The van der Waals surface area contributed by atoms with Crippen molar-refractivity contribution >= 4 is 11.9 Å². The van der Waals surface area contributed by atoms with Gasteiger partial charge in [0.25, 0.3) is 0 Å². The van der Waals surface area contributed by atoms with Crippen molar-refractivity contribution in [2.24, 2.45) is 5.92 Å². The molecule has 27 heavy (non-hydrogen) atoms. The second-order valence-corrected chi connectivity index (χ2v) is 7.19. The number of hydrogen-bond donors (Lipinski definition) is 1. The van der Waals surface area contributed by atoms with Gasteiger partial charge in [0.2, 0.25) is 0 Å². The molecule has 2 aromatic carbocycles. The number of benzene rings is 2. The van der Waals surface area contributed by atoms with Gasteiger partial charge in [0.1, 0.15) is 6.10 Å². The summed E-state index contributed by atoms with van der Waals surface area (Å²) >= 11 is 0. The van der Waals surface area contributed by atoms with Gasteiger partial charge in [-0.05, 0) is 36.5 Å². The van der Waals surface area contributed by atoms with Crippen LogP contribution in [-0.4, -0.2) is 17.0 Å². The fourth-order valence-corrected chi connectivity index (χ4v) is 3.06. The quantitative estimate of drug-likeness (QED) is 0.419. The van der Waals surface area contributed by atoms with E-state index in [4.69, 9.17) is 4.74 Å². The molecule has 1 N–H and O–H groups in total. The first-order valence-electron chi connectivity index (χ1n) is 9.57. The van der Waals surface area contributed by atoms with Crippen LogP contribution in [0.3, 0.4) is 0 Å². The van der Waals surface area contributed by atoms with E-state index in [0.29, 0.717) is 5.92 Å². The summed E-state index contributed by atoms with van der Waals surface area (Å²) in [5.74, 6) is -1.03. The molecule has 1 unspecified atom stereocenters. The first-order valence-corrected chi connectivity index (χ1v) is 9.57. The van der Waals surface area contributed by atoms with Crippen molar-refractivity contribution in [2.45, 2.75) is 52.1 Å². The molecule has 0 heterocycles. The fraction of sp³-hybridized carbons (Fsp3) is 0.391. The monoisotopic (exact) mass is 368 g/mol. The number of aromatic carboxylic acids is 1. The van der Waals surface area contributed by atoms with Crippen molar-refractivity contribution in [3.8, 4) is 0 Å². The summed E-state index contributed by atoms with van der Waals surface area (Å²) in [7, 11) is 0. The maximum atomic E-state index is 12.6. The summed E-state index contributed by atoms with van der Waals surface area (Å²) in [4.78, 5) is 24.0. The summed E-state index contributed by atoms with van der Waals surface area (Å²) in [5.41, 5.74) is 0.986. The van der Waals surface area contributed by atoms with Crippen molar-refractivity contribution in [3.05, 3.63) is 71.3 Å². The molecule has 0 aliphatic rings. The summed E-state index contributed by atoms with van der Waals surface area (Å²) in [5, 5.41) is 9.30. The second kappa shape index (κ2) is 10.5. The lowest BCUT2D eigenvalue weighted by Gasteiger charge is -2.19. The summed E-state index contributed by atoms with van der Waals surface area (Å²) < 4.78 is 5.74. The van der Waals surface area contributed by atoms with E-state index >= 15 is 0 Å². The van der Waals surface area contributed by atoms with Crippen molar-refractivity contribution in [1.82, 2.24) is 0 Å². The van der Waals surface area contributed by atoms with E-state index in [1.807, 2.05) is 30.3 Å². The van der Waals surface area contributed by atoms with E-state index in [-0.39, 0.29) is 17.2 Å². The van der Waals surface area contributed by atoms with Crippen LogP contribution < -0.4 is 0 Å². The third-order valence-electron chi connectivity index (χ3n) is 4.55. The predicted molar refractivity (Wildman–Crippen MR) is 106 cm³/mol. The van der Waals surface area contributed by atoms with Crippen LogP contribution in [0.1, 0.15) is 78.3 Å². The lowest BCUT2D eigenvalue weighted by molar-refractivity contribution is 0.0265. The number of carbonyl (C=O) groups is 2. The van der Waals surface area contributed by atoms with E-state index in [2.05, 4.69) is 13.8 Å². The zero-order chi connectivity index (χ0) is 19.6. The minimum Gasteiger partial charge on any atom is -0.478 e. The molecular weight excluding hydrogens is 340 g/mol. The molecule has 0 bridgehead atoms. The molecule has 0 saturated carbocycles. The lowest BCUT2D eigenvalue weighted by Crippen LogP contribution is -2.15. The highest BCUT2D eigenvalue weighted by Crippen LogP contribution is 2.26. The Kier molecular flexibility index (Phi) is 8.05. The third-order valence-corrected chi connectivity index (χ3v) is 4.55. The van der Waals surface area contributed by atoms with Crippen LogP contribution in [-0.2, 0) is 4.74 Å². The first kappa shape index (κ1) is 20.7. The Hall–Kier alpha value is -2.62. The number of rotatable bonds is 10. The van der Waals surface area contributed by atoms with Crippen LogP contribution in [0, 0.1) is 5.92 Å². The molecule has 144 valence electrons. The van der Waals surface area contributed by atoms with E-state index in [9.17, 15) is 14.7 Å². The zero-order valence-corrected chi connectivity index (χ0v) is 16.1. The zero-order valence-electron chi connectivity index (χ0n) is 16.1. The van der Waals surface area contributed by atoms with E-state index < -0.39 is 11.9 Å². The normalized spacial score (nSPS) is 12.0. The number of carbonyl (C=O) groups excluding carboxylic acids is 1. The lowest BCUT2D eigenvalue weighted by atomic mass is 10.00. The average molecular weight is 368 g/mol. The van der Waals surface area contributed by atoms with E-state index in [1.54, 1.807) is 12.1 Å². The van der Waals surface area contributed by atoms with Gasteiger partial charge in [-0.2, -0.15) is 0 Å². The van der Waals surface area contributed by atoms with Gasteiger partial charge < -0.3 is 9.84 Å². The summed E-state index contributed by atoms with van der Waals surface area (Å²) in [6, 6.07) is 15.8. The average Bonchev–Trinajstić information content (AvgIpc) is 2.67. The molecule has 4 heteroatoms. The van der Waals surface area contributed by atoms with Crippen LogP contribution in [0.4, 0.5) is 0 Å². The molecule has 4 nitrogen and oxygen atoms in total. The van der Waals surface area contributed by atoms with Crippen molar-refractivity contribution < 1.29 is 19.4 Å². The molecule has 0 aromatic heterocycles. The van der Waals surface area contributed by atoms with Gasteiger partial charge in [-0.25, -0.2) is 9.59 Å². The van der Waals surface area contributed by atoms with Gasteiger partial charge in [-0.15, -0.1) is 0 Å². The van der Waals surface area contributed by atoms with Crippen molar-refractivity contribution in [3.63, 3.8) is 0 Å². The van der Waals surface area contributed by atoms with E-state index in [0.717, 1.165) is 31.2 Å². The van der Waals surface area contributed by atoms with Gasteiger partial charge in [0, 0.05) is 0 Å². The molecule has 0 aliphatic heterocycles. The molecule has 0 saturated heterocycles. The minimum atomic E-state index is -1.13. The Morgan fingerprint density at radius 3 is 2.07 bits per heavy atom. The molecular formula is C23H28O4. The molecule has 0 radical (unpaired) electrons. The highest BCUT2D eigenvalue weighted by Gasteiger charge is 2.22. The van der Waals surface area contributed by atoms with Gasteiger partial charge in [0.15, 0.2) is 0 Å². The van der Waals surface area contributed by atoms with Crippen molar-refractivity contribution in [1.29, 1.82) is 0 Å². The Balaban J connectivity index is 2.08. The molecule has 1 atom stereocenters. The van der Waals surface area contributed by atoms with Gasteiger partial charge >= 0.3 is 11.9 Å². The Bertz CT molecular complexity index is 737. The Labute approximate surface area is 161 Å². The number of hydrogen-bond acceptors (Lipinski definition) is 3. The molecule has 0 aliphatic carbocycles. The minimum absolute atomic E-state index is 0.0359. The van der Waals surface area contributed by atoms with Crippen LogP contribution in [0.2, 0.25) is 0 Å². The molecule has 0 amide bonds. The number of esters is 1. The molecule has 2 rings (SSSR count). The topological polar surface area (TPSA) is 63.6 Å². The maximum Gasteiger partial charge on any atom is 0.339 e. The summed E-state index contributed by atoms with van der Waals surface area (Å²) in [6.07, 6.45) is 4.75. The number of unbranched alkanes of at least 4 members (excludes halogenated alkanes) is 2. The van der Waals surface area contributed by atoms with Crippen LogP contribution in [0.15, 0.2) is 54.6 Å². The number of carboxylic acids is 1.